The van der Waals surface area contributed by atoms with Crippen LogP contribution >= 0.6 is 23.2 Å². The van der Waals surface area contributed by atoms with E-state index in [-0.39, 0.29) is 17.3 Å². The molecule has 1 rings (SSSR count). The first-order valence-electron chi connectivity index (χ1n) is 6.65. The summed E-state index contributed by atoms with van der Waals surface area (Å²) in [5, 5.41) is 0. The molecule has 0 spiro atoms. The number of rotatable bonds is 7. The van der Waals surface area contributed by atoms with Crippen LogP contribution in [0.4, 0.5) is 4.39 Å². The molecule has 1 aromatic rings. The summed E-state index contributed by atoms with van der Waals surface area (Å²) in [4.78, 5) is 2.40. The van der Waals surface area contributed by atoms with Gasteiger partial charge in [0.05, 0.1) is 4.90 Å². The zero-order chi connectivity index (χ0) is 15.3. The highest BCUT2D eigenvalue weighted by atomic mass is 35.5. The topological polar surface area (TPSA) is 37.4 Å². The molecule has 0 atom stereocenters. The van der Waals surface area contributed by atoms with Crippen molar-refractivity contribution in [3.05, 3.63) is 30.1 Å². The minimum Gasteiger partial charge on any atom is -0.298 e. The number of halogens is 2. The van der Waals surface area contributed by atoms with E-state index < -0.39 is 14.7 Å². The largest absolute Gasteiger partial charge is 0.298 e. The summed E-state index contributed by atoms with van der Waals surface area (Å²) in [5.41, 5.74) is 0. The average Bonchev–Trinajstić information content (AvgIpc) is 2.34. The van der Waals surface area contributed by atoms with Crippen molar-refractivity contribution in [3.63, 3.8) is 0 Å². The Morgan fingerprint density at radius 2 is 1.57 bits per heavy atom. The molecule has 0 amide bonds. The minimum absolute atomic E-state index is 0. The second-order valence-corrected chi connectivity index (χ2v) is 9.20. The van der Waals surface area contributed by atoms with Gasteiger partial charge in [-0.3, -0.25) is 4.90 Å². The lowest BCUT2D eigenvalue weighted by molar-refractivity contribution is 0.187. The quantitative estimate of drug-likeness (QED) is 0.697. The van der Waals surface area contributed by atoms with E-state index in [0.29, 0.717) is 24.4 Å². The van der Waals surface area contributed by atoms with Crippen LogP contribution in [-0.4, -0.2) is 37.7 Å². The normalized spacial score (nSPS) is 12.0. The first-order chi connectivity index (χ1) is 9.24. The highest BCUT2D eigenvalue weighted by molar-refractivity contribution is 8.72. The van der Waals surface area contributed by atoms with Gasteiger partial charge in [-0.05, 0) is 62.8 Å². The molecule has 122 valence electrons. The number of hydrogen-bond donors (Lipinski definition) is 0. The SMILES string of the molecule is CC(C)N(CCSS(=O)(=O)c1ccc(F)cc1)C(C)C.Cl. The van der Waals surface area contributed by atoms with Gasteiger partial charge in [0.1, 0.15) is 5.82 Å². The van der Waals surface area contributed by atoms with Crippen LogP contribution in [0.1, 0.15) is 27.7 Å². The van der Waals surface area contributed by atoms with Crippen molar-refractivity contribution >= 4 is 32.1 Å². The molecule has 0 aliphatic rings. The van der Waals surface area contributed by atoms with Crippen molar-refractivity contribution in [1.29, 1.82) is 0 Å². The lowest BCUT2D eigenvalue weighted by Gasteiger charge is -2.30. The molecule has 1 aromatic carbocycles. The van der Waals surface area contributed by atoms with Gasteiger partial charge in [-0.1, -0.05) is 0 Å². The lowest BCUT2D eigenvalue weighted by atomic mass is 10.2. The molecule has 7 heteroatoms. The van der Waals surface area contributed by atoms with Gasteiger partial charge in [0, 0.05) is 24.4 Å². The maximum absolute atomic E-state index is 12.8. The molecule has 0 fully saturated rings. The zero-order valence-corrected chi connectivity index (χ0v) is 15.2. The molecule has 0 heterocycles. The van der Waals surface area contributed by atoms with Crippen molar-refractivity contribution in [2.75, 3.05) is 12.3 Å². The van der Waals surface area contributed by atoms with Crippen LogP contribution in [0.25, 0.3) is 0 Å². The van der Waals surface area contributed by atoms with Crippen molar-refractivity contribution < 1.29 is 12.8 Å². The van der Waals surface area contributed by atoms with E-state index in [2.05, 4.69) is 32.6 Å². The first kappa shape index (κ1) is 20.7. The van der Waals surface area contributed by atoms with Crippen LogP contribution in [0.3, 0.4) is 0 Å². The van der Waals surface area contributed by atoms with Crippen LogP contribution < -0.4 is 0 Å². The van der Waals surface area contributed by atoms with Crippen LogP contribution in [-0.2, 0) is 8.87 Å². The van der Waals surface area contributed by atoms with E-state index in [9.17, 15) is 12.8 Å². The molecule has 0 aliphatic heterocycles. The molecule has 0 bridgehead atoms. The van der Waals surface area contributed by atoms with Crippen LogP contribution in [0.2, 0.25) is 0 Å². The monoisotopic (exact) mass is 355 g/mol. The fourth-order valence-electron chi connectivity index (χ4n) is 2.03. The van der Waals surface area contributed by atoms with E-state index in [0.717, 1.165) is 10.8 Å². The van der Waals surface area contributed by atoms with Gasteiger partial charge in [0.25, 0.3) is 0 Å². The Labute approximate surface area is 137 Å². The van der Waals surface area contributed by atoms with Crippen LogP contribution in [0.15, 0.2) is 29.2 Å². The van der Waals surface area contributed by atoms with E-state index in [1.165, 1.54) is 24.3 Å². The number of nitrogens with zero attached hydrogens (tertiary/aromatic N) is 1. The first-order valence-corrected chi connectivity index (χ1v) is 9.63. The summed E-state index contributed by atoms with van der Waals surface area (Å²) < 4.78 is 37.0. The minimum atomic E-state index is -3.40. The molecule has 0 saturated heterocycles. The third-order valence-electron chi connectivity index (χ3n) is 3.02. The summed E-state index contributed by atoms with van der Waals surface area (Å²) in [6, 6.07) is 5.71. The maximum Gasteiger partial charge on any atom is 0.230 e. The van der Waals surface area contributed by atoms with Gasteiger partial charge in [0.2, 0.25) is 8.87 Å². The molecular formula is C14H23ClFNO2S2. The molecule has 21 heavy (non-hydrogen) atoms. The summed E-state index contributed by atoms with van der Waals surface area (Å²) >= 11 is 0. The van der Waals surface area contributed by atoms with Crippen molar-refractivity contribution in [2.45, 2.75) is 44.7 Å². The summed E-state index contributed by atoms with van der Waals surface area (Å²) in [6.07, 6.45) is 0. The van der Waals surface area contributed by atoms with Gasteiger partial charge < -0.3 is 0 Å². The van der Waals surface area contributed by atoms with E-state index in [4.69, 9.17) is 0 Å². The molecule has 0 saturated carbocycles. The Kier molecular flexibility index (Phi) is 8.85. The third-order valence-corrected chi connectivity index (χ3v) is 6.53. The predicted octanol–water partition coefficient (Wildman–Crippen LogP) is 3.79. The highest BCUT2D eigenvalue weighted by Crippen LogP contribution is 2.23. The van der Waals surface area contributed by atoms with Gasteiger partial charge in [-0.15, -0.1) is 12.4 Å². The summed E-state index contributed by atoms with van der Waals surface area (Å²) in [6.45, 7) is 9.09. The smallest absolute Gasteiger partial charge is 0.230 e. The number of hydrogen-bond acceptors (Lipinski definition) is 4. The van der Waals surface area contributed by atoms with Gasteiger partial charge in [0.15, 0.2) is 0 Å². The van der Waals surface area contributed by atoms with Gasteiger partial charge in [-0.25, -0.2) is 12.8 Å². The number of benzene rings is 1. The average molecular weight is 356 g/mol. The Balaban J connectivity index is 0.00000400. The molecular weight excluding hydrogens is 333 g/mol. The fourth-order valence-corrected chi connectivity index (χ4v) is 4.77. The fraction of sp³-hybridized carbons (Fsp3) is 0.571. The molecule has 0 radical (unpaired) electrons. The Morgan fingerprint density at radius 1 is 1.10 bits per heavy atom. The maximum atomic E-state index is 12.8. The second-order valence-electron chi connectivity index (χ2n) is 5.16. The van der Waals surface area contributed by atoms with Gasteiger partial charge >= 0.3 is 0 Å². The zero-order valence-electron chi connectivity index (χ0n) is 12.7. The lowest BCUT2D eigenvalue weighted by Crippen LogP contribution is -2.38. The van der Waals surface area contributed by atoms with E-state index >= 15 is 0 Å². The summed E-state index contributed by atoms with van der Waals surface area (Å²) in [7, 11) is -2.49. The second kappa shape index (κ2) is 8.98. The van der Waals surface area contributed by atoms with Gasteiger partial charge in [-0.2, -0.15) is 0 Å². The van der Waals surface area contributed by atoms with Crippen LogP contribution in [0, 0.1) is 5.82 Å². The van der Waals surface area contributed by atoms with Crippen molar-refractivity contribution in [3.8, 4) is 0 Å². The molecule has 0 unspecified atom stereocenters. The predicted molar refractivity (Wildman–Crippen MR) is 90.3 cm³/mol. The third kappa shape index (κ3) is 6.55. The summed E-state index contributed by atoms with van der Waals surface area (Å²) in [5.74, 6) is 0.0653. The molecule has 3 nitrogen and oxygen atoms in total. The Hall–Kier alpha value is -0.300. The Morgan fingerprint density at radius 3 is 2.00 bits per heavy atom. The molecule has 0 aliphatic carbocycles. The molecule has 0 aromatic heterocycles. The highest BCUT2D eigenvalue weighted by Gasteiger charge is 2.18. The molecule has 0 N–H and O–H groups in total. The van der Waals surface area contributed by atoms with E-state index in [1.54, 1.807) is 0 Å². The standard InChI is InChI=1S/C14H22FNO2S2.ClH/c1-11(2)16(12(3)4)9-10-19-20(17,18)14-7-5-13(15)6-8-14;/h5-8,11-12H,9-10H2,1-4H3;1H. The Bertz CT molecular complexity index is 510. The van der Waals surface area contributed by atoms with Crippen molar-refractivity contribution in [2.24, 2.45) is 0 Å². The van der Waals surface area contributed by atoms with E-state index in [1.807, 2.05) is 0 Å². The van der Waals surface area contributed by atoms with Crippen molar-refractivity contribution in [1.82, 2.24) is 4.90 Å². The van der Waals surface area contributed by atoms with Crippen LogP contribution in [0.5, 0.6) is 0 Å².